The number of rotatable bonds is 5. The molecule has 0 fully saturated rings. The van der Waals surface area contributed by atoms with Gasteiger partial charge in [0.25, 0.3) is 0 Å². The van der Waals surface area contributed by atoms with E-state index in [1.54, 1.807) is 0 Å². The number of nitrogens with zero attached hydrogens (tertiary/aromatic N) is 3. The molecular formula is C16H20N4O2. The first-order valence-electron chi connectivity index (χ1n) is 7.48. The summed E-state index contributed by atoms with van der Waals surface area (Å²) in [6.07, 6.45) is 1.52. The van der Waals surface area contributed by atoms with E-state index in [0.717, 1.165) is 21.5 Å². The Hall–Kier alpha value is -2.34. The van der Waals surface area contributed by atoms with Gasteiger partial charge in [-0.1, -0.05) is 12.1 Å². The minimum Gasteiger partial charge on any atom is -0.618 e. The van der Waals surface area contributed by atoms with Crippen LogP contribution >= 0.6 is 0 Å². The second-order valence-electron chi connectivity index (χ2n) is 5.49. The lowest BCUT2D eigenvalue weighted by atomic mass is 10.2. The molecule has 0 aliphatic carbocycles. The summed E-state index contributed by atoms with van der Waals surface area (Å²) in [5, 5.41) is 13.0. The van der Waals surface area contributed by atoms with Crippen LogP contribution in [0.25, 0.3) is 21.9 Å². The molecule has 0 unspecified atom stereocenters. The van der Waals surface area contributed by atoms with Gasteiger partial charge in [0.05, 0.1) is 5.39 Å². The van der Waals surface area contributed by atoms with Crippen molar-refractivity contribution in [1.82, 2.24) is 9.66 Å². The molecule has 1 aromatic carbocycles. The smallest absolute Gasteiger partial charge is 0.226 e. The summed E-state index contributed by atoms with van der Waals surface area (Å²) in [6.45, 7) is 7.10. The van der Waals surface area contributed by atoms with Gasteiger partial charge in [-0.2, -0.15) is 4.73 Å². The Bertz CT molecular complexity index is 811. The Labute approximate surface area is 128 Å². The maximum Gasteiger partial charge on any atom is 0.226 e. The van der Waals surface area contributed by atoms with E-state index >= 15 is 0 Å². The molecule has 22 heavy (non-hydrogen) atoms. The van der Waals surface area contributed by atoms with Crippen molar-refractivity contribution in [1.29, 1.82) is 0 Å². The number of hydrogen-bond donors (Lipinski definition) is 1. The highest BCUT2D eigenvalue weighted by Crippen LogP contribution is 2.23. The van der Waals surface area contributed by atoms with Gasteiger partial charge in [-0.05, 0) is 26.8 Å². The minimum atomic E-state index is 0.233. The molecule has 6 nitrogen and oxygen atoms in total. The van der Waals surface area contributed by atoms with E-state index in [4.69, 9.17) is 4.74 Å². The Morgan fingerprint density at radius 2 is 2.14 bits per heavy atom. The van der Waals surface area contributed by atoms with E-state index in [1.165, 1.54) is 6.20 Å². The van der Waals surface area contributed by atoms with Crippen molar-refractivity contribution >= 4 is 21.9 Å². The molecule has 0 atom stereocenters. The number of imidazole rings is 1. The molecule has 0 saturated heterocycles. The van der Waals surface area contributed by atoms with Crippen LogP contribution in [0.5, 0.6) is 0 Å². The van der Waals surface area contributed by atoms with Crippen LogP contribution in [0.4, 0.5) is 0 Å². The first-order chi connectivity index (χ1) is 10.6. The standard InChI is InChI=1S/C16H20N4O2/c1-4-22-10-15-17-13-9-19(21)14-8-6-5-7-12(14)16(13)20(15)18-11(2)3/h5-9,11,18H,4,10H2,1-3H3. The molecule has 0 aliphatic rings. The largest absolute Gasteiger partial charge is 0.618 e. The van der Waals surface area contributed by atoms with Crippen molar-refractivity contribution in [3.8, 4) is 0 Å². The predicted molar refractivity (Wildman–Crippen MR) is 86.0 cm³/mol. The van der Waals surface area contributed by atoms with E-state index in [0.29, 0.717) is 24.2 Å². The van der Waals surface area contributed by atoms with Crippen LogP contribution < -0.4 is 10.2 Å². The molecule has 0 spiro atoms. The number of ether oxygens (including phenoxy) is 1. The number of hydrogen-bond acceptors (Lipinski definition) is 4. The highest BCUT2D eigenvalue weighted by atomic mass is 16.5. The first kappa shape index (κ1) is 14.6. The van der Waals surface area contributed by atoms with Crippen LogP contribution in [0.1, 0.15) is 26.6 Å². The summed E-state index contributed by atoms with van der Waals surface area (Å²) in [7, 11) is 0. The van der Waals surface area contributed by atoms with Crippen LogP contribution in [0.2, 0.25) is 0 Å². The molecule has 2 heterocycles. The lowest BCUT2D eigenvalue weighted by Gasteiger charge is -2.15. The molecule has 0 amide bonds. The summed E-state index contributed by atoms with van der Waals surface area (Å²) in [4.78, 5) is 4.57. The van der Waals surface area contributed by atoms with Gasteiger partial charge in [0.15, 0.2) is 11.3 Å². The monoisotopic (exact) mass is 300 g/mol. The summed E-state index contributed by atoms with van der Waals surface area (Å²) < 4.78 is 8.32. The number of pyridine rings is 1. The third-order valence-electron chi connectivity index (χ3n) is 3.43. The molecular weight excluding hydrogens is 280 g/mol. The van der Waals surface area contributed by atoms with Crippen LogP contribution in [0, 0.1) is 5.21 Å². The molecule has 6 heteroatoms. The minimum absolute atomic E-state index is 0.233. The molecule has 3 rings (SSSR count). The molecule has 0 saturated carbocycles. The van der Waals surface area contributed by atoms with Crippen molar-refractivity contribution in [2.24, 2.45) is 0 Å². The van der Waals surface area contributed by atoms with Gasteiger partial charge in [-0.15, -0.1) is 0 Å². The number of fused-ring (bicyclic) bond motifs is 3. The van der Waals surface area contributed by atoms with Crippen molar-refractivity contribution < 1.29 is 9.47 Å². The SMILES string of the molecule is CCOCc1nc2c[n+]([O-])c3ccccc3c2n1NC(C)C. The summed E-state index contributed by atoms with van der Waals surface area (Å²) in [6, 6.07) is 7.78. The van der Waals surface area contributed by atoms with Gasteiger partial charge >= 0.3 is 0 Å². The fraction of sp³-hybridized carbons (Fsp3) is 0.375. The average Bonchev–Trinajstić information content (AvgIpc) is 2.82. The maximum absolute atomic E-state index is 12.2. The quantitative estimate of drug-likeness (QED) is 0.580. The fourth-order valence-electron chi connectivity index (χ4n) is 2.57. The molecule has 3 aromatic rings. The van der Waals surface area contributed by atoms with E-state index < -0.39 is 0 Å². The highest BCUT2D eigenvalue weighted by Gasteiger charge is 2.18. The number of aromatic nitrogens is 3. The van der Waals surface area contributed by atoms with Gasteiger partial charge < -0.3 is 15.4 Å². The van der Waals surface area contributed by atoms with Gasteiger partial charge in [0.1, 0.15) is 12.1 Å². The van der Waals surface area contributed by atoms with Gasteiger partial charge in [0, 0.05) is 18.7 Å². The zero-order chi connectivity index (χ0) is 15.7. The van der Waals surface area contributed by atoms with Crippen molar-refractivity contribution in [3.63, 3.8) is 0 Å². The zero-order valence-electron chi connectivity index (χ0n) is 13.0. The number of para-hydroxylation sites is 1. The maximum atomic E-state index is 12.2. The molecule has 0 aliphatic heterocycles. The highest BCUT2D eigenvalue weighted by molar-refractivity contribution is 6.00. The average molecular weight is 300 g/mol. The zero-order valence-corrected chi connectivity index (χ0v) is 13.0. The summed E-state index contributed by atoms with van der Waals surface area (Å²) in [5.74, 6) is 0.766. The van der Waals surface area contributed by atoms with Gasteiger partial charge in [-0.3, -0.25) is 0 Å². The second-order valence-corrected chi connectivity index (χ2v) is 5.49. The second kappa shape index (κ2) is 5.81. The van der Waals surface area contributed by atoms with E-state index in [2.05, 4.69) is 24.3 Å². The third kappa shape index (κ3) is 2.46. The first-order valence-corrected chi connectivity index (χ1v) is 7.48. The number of nitrogens with one attached hydrogen (secondary N) is 1. The number of benzene rings is 1. The topological polar surface area (TPSA) is 66.0 Å². The third-order valence-corrected chi connectivity index (χ3v) is 3.43. The summed E-state index contributed by atoms with van der Waals surface area (Å²) in [5.41, 5.74) is 5.58. The molecule has 0 bridgehead atoms. The fourth-order valence-corrected chi connectivity index (χ4v) is 2.57. The van der Waals surface area contributed by atoms with Gasteiger partial charge in [0.2, 0.25) is 11.7 Å². The van der Waals surface area contributed by atoms with Crippen molar-refractivity contribution in [2.75, 3.05) is 12.0 Å². The Balaban J connectivity index is 2.30. The van der Waals surface area contributed by atoms with Crippen LogP contribution in [0.15, 0.2) is 30.5 Å². The van der Waals surface area contributed by atoms with Crippen molar-refractivity contribution in [3.05, 3.63) is 41.5 Å². The Morgan fingerprint density at radius 3 is 2.86 bits per heavy atom. The van der Waals surface area contributed by atoms with Crippen LogP contribution in [-0.4, -0.2) is 22.3 Å². The van der Waals surface area contributed by atoms with E-state index in [9.17, 15) is 5.21 Å². The molecule has 2 aromatic heterocycles. The molecule has 116 valence electrons. The summed E-state index contributed by atoms with van der Waals surface area (Å²) >= 11 is 0. The normalized spacial score (nSPS) is 11.6. The van der Waals surface area contributed by atoms with Crippen LogP contribution in [0.3, 0.4) is 0 Å². The van der Waals surface area contributed by atoms with E-state index in [-0.39, 0.29) is 6.04 Å². The lowest BCUT2D eigenvalue weighted by Crippen LogP contribution is -2.27. The Morgan fingerprint density at radius 1 is 1.36 bits per heavy atom. The molecule has 1 N–H and O–H groups in total. The van der Waals surface area contributed by atoms with Crippen LogP contribution in [-0.2, 0) is 11.3 Å². The molecule has 0 radical (unpaired) electrons. The Kier molecular flexibility index (Phi) is 3.85. The lowest BCUT2D eigenvalue weighted by molar-refractivity contribution is -0.575. The van der Waals surface area contributed by atoms with E-state index in [1.807, 2.05) is 35.9 Å². The predicted octanol–water partition coefficient (Wildman–Crippen LogP) is 2.31. The van der Waals surface area contributed by atoms with Crippen molar-refractivity contribution in [2.45, 2.75) is 33.4 Å². The van der Waals surface area contributed by atoms with Gasteiger partial charge in [-0.25, -0.2) is 9.66 Å².